The number of benzene rings is 2. The van der Waals surface area contributed by atoms with Crippen molar-refractivity contribution in [1.29, 1.82) is 0 Å². The maximum absolute atomic E-state index is 6.20. The number of hydrogen-bond acceptors (Lipinski definition) is 0. The van der Waals surface area contributed by atoms with Crippen molar-refractivity contribution in [1.82, 2.24) is 0 Å². The molecular weight excluding hydrogens is 299 g/mol. The lowest BCUT2D eigenvalue weighted by molar-refractivity contribution is 0.584. The van der Waals surface area contributed by atoms with Gasteiger partial charge < -0.3 is 0 Å². The fourth-order valence-corrected chi connectivity index (χ4v) is 2.75. The molecule has 0 aliphatic carbocycles. The van der Waals surface area contributed by atoms with Crippen molar-refractivity contribution in [3.8, 4) is 0 Å². The highest BCUT2D eigenvalue weighted by atomic mass is 35.5. The zero-order valence-electron chi connectivity index (χ0n) is 10.5. The summed E-state index contributed by atoms with van der Waals surface area (Å²) in [6.45, 7) is 0. The van der Waals surface area contributed by atoms with E-state index in [-0.39, 0.29) is 0 Å². The number of halogens is 3. The Kier molecular flexibility index (Phi) is 5.57. The Labute approximate surface area is 129 Å². The average molecular weight is 314 g/mol. The standard InChI is InChI=1S/C16H15Cl3/c17-11-13(8-12-4-2-1-3-5-12)9-14-10-15(18)6-7-16(14)19/h1-7,10,13H,8-9,11H2. The minimum absolute atomic E-state index is 0.361. The van der Waals surface area contributed by atoms with E-state index in [4.69, 9.17) is 34.8 Å². The molecule has 0 saturated carbocycles. The first kappa shape index (κ1) is 14.7. The second-order valence-corrected chi connectivity index (χ2v) is 5.80. The van der Waals surface area contributed by atoms with Crippen LogP contribution in [0.5, 0.6) is 0 Å². The second-order valence-electron chi connectivity index (χ2n) is 4.65. The Morgan fingerprint density at radius 1 is 0.895 bits per heavy atom. The van der Waals surface area contributed by atoms with Crippen molar-refractivity contribution in [2.75, 3.05) is 5.88 Å². The van der Waals surface area contributed by atoms with Crippen LogP contribution in [0.1, 0.15) is 11.1 Å². The van der Waals surface area contributed by atoms with E-state index in [2.05, 4.69) is 12.1 Å². The van der Waals surface area contributed by atoms with Crippen molar-refractivity contribution in [2.45, 2.75) is 12.8 Å². The molecule has 0 fully saturated rings. The number of alkyl halides is 1. The summed E-state index contributed by atoms with van der Waals surface area (Å²) in [4.78, 5) is 0. The van der Waals surface area contributed by atoms with Crippen LogP contribution in [-0.2, 0) is 12.8 Å². The molecule has 0 aliphatic rings. The van der Waals surface area contributed by atoms with Crippen molar-refractivity contribution in [2.24, 2.45) is 5.92 Å². The zero-order valence-corrected chi connectivity index (χ0v) is 12.7. The molecule has 2 aromatic carbocycles. The molecule has 19 heavy (non-hydrogen) atoms. The topological polar surface area (TPSA) is 0 Å². The molecule has 1 unspecified atom stereocenters. The SMILES string of the molecule is ClCC(Cc1ccccc1)Cc1cc(Cl)ccc1Cl. The highest BCUT2D eigenvalue weighted by molar-refractivity contribution is 6.33. The summed E-state index contributed by atoms with van der Waals surface area (Å²) in [6, 6.07) is 15.9. The van der Waals surface area contributed by atoms with Crippen LogP contribution in [0.2, 0.25) is 10.0 Å². The molecule has 0 heterocycles. The number of rotatable bonds is 5. The van der Waals surface area contributed by atoms with Crippen LogP contribution in [0.4, 0.5) is 0 Å². The molecule has 2 rings (SSSR count). The summed E-state index contributed by atoms with van der Waals surface area (Å²) in [5.41, 5.74) is 2.36. The molecule has 0 bridgehead atoms. The average Bonchev–Trinajstić information content (AvgIpc) is 2.43. The zero-order chi connectivity index (χ0) is 13.7. The Balaban J connectivity index is 2.09. The van der Waals surface area contributed by atoms with Gasteiger partial charge in [-0.2, -0.15) is 0 Å². The van der Waals surface area contributed by atoms with E-state index in [0.29, 0.717) is 16.8 Å². The predicted octanol–water partition coefficient (Wildman–Crippen LogP) is 5.63. The van der Waals surface area contributed by atoms with Gasteiger partial charge in [0.1, 0.15) is 0 Å². The summed E-state index contributed by atoms with van der Waals surface area (Å²) in [5, 5.41) is 1.47. The maximum Gasteiger partial charge on any atom is 0.0439 e. The third-order valence-electron chi connectivity index (χ3n) is 3.10. The van der Waals surface area contributed by atoms with Crippen LogP contribution in [0, 0.1) is 5.92 Å². The lowest BCUT2D eigenvalue weighted by Crippen LogP contribution is -2.10. The van der Waals surface area contributed by atoms with Gasteiger partial charge in [-0.05, 0) is 48.1 Å². The van der Waals surface area contributed by atoms with E-state index < -0.39 is 0 Å². The molecule has 0 aromatic heterocycles. The third-order valence-corrected chi connectivity index (χ3v) is 4.14. The normalized spacial score (nSPS) is 12.4. The highest BCUT2D eigenvalue weighted by Crippen LogP contribution is 2.25. The van der Waals surface area contributed by atoms with Crippen molar-refractivity contribution < 1.29 is 0 Å². The molecule has 0 amide bonds. The van der Waals surface area contributed by atoms with Gasteiger partial charge >= 0.3 is 0 Å². The number of hydrogen-bond donors (Lipinski definition) is 0. The highest BCUT2D eigenvalue weighted by Gasteiger charge is 2.12. The van der Waals surface area contributed by atoms with Crippen LogP contribution in [0.3, 0.4) is 0 Å². The van der Waals surface area contributed by atoms with E-state index in [1.54, 1.807) is 6.07 Å². The summed E-state index contributed by atoms with van der Waals surface area (Å²) < 4.78 is 0. The van der Waals surface area contributed by atoms with Gasteiger partial charge in [0.2, 0.25) is 0 Å². The van der Waals surface area contributed by atoms with Gasteiger partial charge in [0.05, 0.1) is 0 Å². The van der Waals surface area contributed by atoms with Crippen LogP contribution >= 0.6 is 34.8 Å². The van der Waals surface area contributed by atoms with Gasteiger partial charge in [-0.3, -0.25) is 0 Å². The molecule has 0 saturated heterocycles. The van der Waals surface area contributed by atoms with Gasteiger partial charge in [-0.25, -0.2) is 0 Å². The molecule has 0 N–H and O–H groups in total. The van der Waals surface area contributed by atoms with Crippen LogP contribution in [-0.4, -0.2) is 5.88 Å². The lowest BCUT2D eigenvalue weighted by Gasteiger charge is -2.15. The van der Waals surface area contributed by atoms with Gasteiger partial charge in [-0.15, -0.1) is 11.6 Å². The largest absolute Gasteiger partial charge is 0.126 e. The smallest absolute Gasteiger partial charge is 0.0439 e. The summed E-state index contributed by atoms with van der Waals surface area (Å²) in [7, 11) is 0. The summed E-state index contributed by atoms with van der Waals surface area (Å²) >= 11 is 18.3. The molecule has 3 heteroatoms. The molecule has 0 spiro atoms. The van der Waals surface area contributed by atoms with E-state index >= 15 is 0 Å². The molecule has 100 valence electrons. The first-order valence-electron chi connectivity index (χ1n) is 6.23. The Morgan fingerprint density at radius 3 is 2.32 bits per heavy atom. The maximum atomic E-state index is 6.20. The van der Waals surface area contributed by atoms with Gasteiger partial charge in [0, 0.05) is 15.9 Å². The Hall–Kier alpha value is -0.690. The molecule has 0 radical (unpaired) electrons. The minimum Gasteiger partial charge on any atom is -0.126 e. The van der Waals surface area contributed by atoms with Crippen molar-refractivity contribution in [3.63, 3.8) is 0 Å². The van der Waals surface area contributed by atoms with Crippen LogP contribution < -0.4 is 0 Å². The molecule has 1 atom stereocenters. The first-order chi connectivity index (χ1) is 9.19. The van der Waals surface area contributed by atoms with Gasteiger partial charge in [0.25, 0.3) is 0 Å². The lowest BCUT2D eigenvalue weighted by atomic mass is 9.94. The van der Waals surface area contributed by atoms with Crippen molar-refractivity contribution >= 4 is 34.8 Å². The third kappa shape index (κ3) is 4.42. The summed E-state index contributed by atoms with van der Waals surface area (Å²) in [6.07, 6.45) is 1.80. The molecule has 0 aliphatic heterocycles. The fraction of sp³-hybridized carbons (Fsp3) is 0.250. The van der Waals surface area contributed by atoms with Crippen molar-refractivity contribution in [3.05, 3.63) is 69.7 Å². The van der Waals surface area contributed by atoms with E-state index in [0.717, 1.165) is 23.4 Å². The molecular formula is C16H15Cl3. The Morgan fingerprint density at radius 2 is 1.63 bits per heavy atom. The van der Waals surface area contributed by atoms with Gasteiger partial charge in [0.15, 0.2) is 0 Å². The van der Waals surface area contributed by atoms with E-state index in [9.17, 15) is 0 Å². The monoisotopic (exact) mass is 312 g/mol. The summed E-state index contributed by atoms with van der Waals surface area (Å²) in [5.74, 6) is 0.970. The quantitative estimate of drug-likeness (QED) is 0.627. The molecule has 2 aromatic rings. The van der Waals surface area contributed by atoms with Crippen LogP contribution in [0.15, 0.2) is 48.5 Å². The minimum atomic E-state index is 0.361. The second kappa shape index (κ2) is 7.19. The van der Waals surface area contributed by atoms with E-state index in [1.807, 2.05) is 30.3 Å². The first-order valence-corrected chi connectivity index (χ1v) is 7.52. The Bertz CT molecular complexity index is 523. The molecule has 0 nitrogen and oxygen atoms in total. The van der Waals surface area contributed by atoms with Gasteiger partial charge in [-0.1, -0.05) is 53.5 Å². The van der Waals surface area contributed by atoms with Crippen LogP contribution in [0.25, 0.3) is 0 Å². The van der Waals surface area contributed by atoms with E-state index in [1.165, 1.54) is 5.56 Å². The predicted molar refractivity (Wildman–Crippen MR) is 84.5 cm³/mol. The fourth-order valence-electron chi connectivity index (χ4n) is 2.14.